The van der Waals surface area contributed by atoms with Crippen LogP contribution in [0.4, 0.5) is 0 Å². The second kappa shape index (κ2) is 8.89. The van der Waals surface area contributed by atoms with Crippen LogP contribution in [0, 0.1) is 0 Å². The van der Waals surface area contributed by atoms with Crippen molar-refractivity contribution in [3.05, 3.63) is 22.7 Å². The second-order valence-corrected chi connectivity index (χ2v) is 4.58. The minimum absolute atomic E-state index is 0.363. The van der Waals surface area contributed by atoms with Crippen LogP contribution in [0.15, 0.2) is 17.2 Å². The van der Waals surface area contributed by atoms with E-state index < -0.39 is 11.8 Å². The largest absolute Gasteiger partial charge is 0.490 e. The summed E-state index contributed by atoms with van der Waals surface area (Å²) >= 11 is 6.17. The quantitative estimate of drug-likeness (QED) is 0.449. The molecule has 3 N–H and O–H groups in total. The SMILES string of the molecule is CCCOc1c(Cl)cc(/C=N/NC(=O)C(N)=O)cc1OCC. The van der Waals surface area contributed by atoms with Gasteiger partial charge in [-0.25, -0.2) is 5.43 Å². The van der Waals surface area contributed by atoms with Crippen LogP contribution in [-0.4, -0.2) is 31.2 Å². The van der Waals surface area contributed by atoms with Crippen molar-refractivity contribution >= 4 is 29.6 Å². The molecule has 0 radical (unpaired) electrons. The van der Waals surface area contributed by atoms with Gasteiger partial charge < -0.3 is 15.2 Å². The number of hydrogen-bond donors (Lipinski definition) is 2. The molecule has 0 bridgehead atoms. The summed E-state index contributed by atoms with van der Waals surface area (Å²) in [7, 11) is 0. The van der Waals surface area contributed by atoms with Gasteiger partial charge >= 0.3 is 11.8 Å². The highest BCUT2D eigenvalue weighted by Crippen LogP contribution is 2.36. The molecule has 8 heteroatoms. The maximum atomic E-state index is 11.0. The van der Waals surface area contributed by atoms with Gasteiger partial charge in [-0.1, -0.05) is 18.5 Å². The lowest BCUT2D eigenvalue weighted by Gasteiger charge is -2.13. The van der Waals surface area contributed by atoms with Crippen molar-refractivity contribution in [2.75, 3.05) is 13.2 Å². The lowest BCUT2D eigenvalue weighted by molar-refractivity contribution is -0.137. The molecule has 0 aliphatic carbocycles. The fraction of sp³-hybridized carbons (Fsp3) is 0.357. The van der Waals surface area contributed by atoms with Gasteiger partial charge in [0.1, 0.15) is 0 Å². The monoisotopic (exact) mass is 327 g/mol. The summed E-state index contributed by atoms with van der Waals surface area (Å²) in [5, 5.41) is 3.98. The Morgan fingerprint density at radius 1 is 1.36 bits per heavy atom. The molecule has 0 atom stereocenters. The van der Waals surface area contributed by atoms with Crippen LogP contribution in [0.2, 0.25) is 5.02 Å². The predicted molar refractivity (Wildman–Crippen MR) is 83.3 cm³/mol. The van der Waals surface area contributed by atoms with Crippen molar-refractivity contribution in [2.45, 2.75) is 20.3 Å². The zero-order valence-corrected chi connectivity index (χ0v) is 13.1. The number of ether oxygens (including phenoxy) is 2. The summed E-state index contributed by atoms with van der Waals surface area (Å²) in [6, 6.07) is 3.27. The van der Waals surface area contributed by atoms with Crippen LogP contribution in [0.5, 0.6) is 11.5 Å². The number of nitrogens with two attached hydrogens (primary N) is 1. The van der Waals surface area contributed by atoms with Gasteiger partial charge in [-0.3, -0.25) is 9.59 Å². The molecule has 0 aliphatic heterocycles. The number of hydrogen-bond acceptors (Lipinski definition) is 5. The number of carbonyl (C=O) groups is 2. The molecular formula is C14H18ClN3O4. The molecule has 7 nitrogen and oxygen atoms in total. The molecule has 0 fully saturated rings. The number of halogens is 1. The Morgan fingerprint density at radius 3 is 2.68 bits per heavy atom. The average molecular weight is 328 g/mol. The first-order valence-corrected chi connectivity index (χ1v) is 7.09. The van der Waals surface area contributed by atoms with E-state index in [2.05, 4.69) is 5.10 Å². The maximum Gasteiger partial charge on any atom is 0.329 e. The minimum Gasteiger partial charge on any atom is -0.490 e. The number of primary amides is 1. The van der Waals surface area contributed by atoms with Crippen molar-refractivity contribution in [3.8, 4) is 11.5 Å². The molecular weight excluding hydrogens is 310 g/mol. The number of amides is 2. The van der Waals surface area contributed by atoms with E-state index in [4.69, 9.17) is 26.8 Å². The molecule has 2 amide bonds. The van der Waals surface area contributed by atoms with E-state index >= 15 is 0 Å². The molecule has 0 unspecified atom stereocenters. The highest BCUT2D eigenvalue weighted by atomic mass is 35.5. The molecule has 0 saturated heterocycles. The molecule has 0 spiro atoms. The fourth-order valence-corrected chi connectivity index (χ4v) is 1.76. The first kappa shape index (κ1) is 17.8. The molecule has 0 saturated carbocycles. The Hall–Kier alpha value is -2.28. The van der Waals surface area contributed by atoms with Gasteiger partial charge in [-0.05, 0) is 31.0 Å². The van der Waals surface area contributed by atoms with Crippen molar-refractivity contribution < 1.29 is 19.1 Å². The van der Waals surface area contributed by atoms with Gasteiger partial charge in [0.15, 0.2) is 11.5 Å². The van der Waals surface area contributed by atoms with E-state index in [1.807, 2.05) is 19.3 Å². The lowest BCUT2D eigenvalue weighted by atomic mass is 10.2. The molecule has 0 aliphatic rings. The molecule has 0 heterocycles. The van der Waals surface area contributed by atoms with Crippen molar-refractivity contribution in [1.82, 2.24) is 5.43 Å². The first-order valence-electron chi connectivity index (χ1n) is 6.71. The molecule has 1 aromatic carbocycles. The van der Waals surface area contributed by atoms with Crippen molar-refractivity contribution in [3.63, 3.8) is 0 Å². The Morgan fingerprint density at radius 2 is 2.09 bits per heavy atom. The summed E-state index contributed by atoms with van der Waals surface area (Å²) in [4.78, 5) is 21.5. The average Bonchev–Trinajstić information content (AvgIpc) is 2.46. The van der Waals surface area contributed by atoms with Crippen LogP contribution in [0.1, 0.15) is 25.8 Å². The van der Waals surface area contributed by atoms with E-state index in [-0.39, 0.29) is 0 Å². The number of benzene rings is 1. The van der Waals surface area contributed by atoms with E-state index in [0.29, 0.717) is 35.3 Å². The molecule has 120 valence electrons. The van der Waals surface area contributed by atoms with E-state index in [9.17, 15) is 9.59 Å². The van der Waals surface area contributed by atoms with Gasteiger partial charge in [-0.15, -0.1) is 0 Å². The number of rotatable bonds is 7. The highest BCUT2D eigenvalue weighted by Gasteiger charge is 2.12. The van der Waals surface area contributed by atoms with E-state index in [0.717, 1.165) is 6.42 Å². The predicted octanol–water partition coefficient (Wildman–Crippen LogP) is 1.46. The summed E-state index contributed by atoms with van der Waals surface area (Å²) in [6.45, 7) is 4.78. The second-order valence-electron chi connectivity index (χ2n) is 4.17. The Kier molecular flexibility index (Phi) is 7.18. The van der Waals surface area contributed by atoms with Crippen LogP contribution in [-0.2, 0) is 9.59 Å². The number of nitrogens with one attached hydrogen (secondary N) is 1. The van der Waals surface area contributed by atoms with E-state index in [1.54, 1.807) is 12.1 Å². The number of hydrazone groups is 1. The fourth-order valence-electron chi connectivity index (χ4n) is 1.49. The molecule has 1 rings (SSSR count). The summed E-state index contributed by atoms with van der Waals surface area (Å²) in [6.07, 6.45) is 2.16. The topological polar surface area (TPSA) is 103 Å². The van der Waals surface area contributed by atoms with Crippen molar-refractivity contribution in [2.24, 2.45) is 10.8 Å². The van der Waals surface area contributed by atoms with Crippen LogP contribution >= 0.6 is 11.6 Å². The summed E-state index contributed by atoms with van der Waals surface area (Å²) in [5.74, 6) is -1.18. The van der Waals surface area contributed by atoms with Gasteiger partial charge in [0.05, 0.1) is 24.5 Å². The third-order valence-corrected chi connectivity index (χ3v) is 2.67. The first-order chi connectivity index (χ1) is 10.5. The third-order valence-electron chi connectivity index (χ3n) is 2.39. The Bertz CT molecular complexity index is 575. The van der Waals surface area contributed by atoms with Crippen LogP contribution in [0.25, 0.3) is 0 Å². The summed E-state index contributed by atoms with van der Waals surface area (Å²) in [5.41, 5.74) is 7.35. The Labute approximate surface area is 133 Å². The number of carbonyl (C=O) groups excluding carboxylic acids is 2. The van der Waals surface area contributed by atoms with Gasteiger partial charge in [0.25, 0.3) is 0 Å². The number of nitrogens with zero attached hydrogens (tertiary/aromatic N) is 1. The van der Waals surface area contributed by atoms with Crippen molar-refractivity contribution in [1.29, 1.82) is 0 Å². The van der Waals surface area contributed by atoms with Crippen LogP contribution in [0.3, 0.4) is 0 Å². The zero-order chi connectivity index (χ0) is 16.5. The van der Waals surface area contributed by atoms with E-state index in [1.165, 1.54) is 6.21 Å². The normalized spacial score (nSPS) is 10.5. The smallest absolute Gasteiger partial charge is 0.329 e. The van der Waals surface area contributed by atoms with Gasteiger partial charge in [0.2, 0.25) is 0 Å². The lowest BCUT2D eigenvalue weighted by Crippen LogP contribution is -2.32. The van der Waals surface area contributed by atoms with Gasteiger partial charge in [-0.2, -0.15) is 5.10 Å². The summed E-state index contributed by atoms with van der Waals surface area (Å²) < 4.78 is 11.1. The third kappa shape index (κ3) is 5.25. The molecule has 22 heavy (non-hydrogen) atoms. The maximum absolute atomic E-state index is 11.0. The highest BCUT2D eigenvalue weighted by molar-refractivity contribution is 6.34. The standard InChI is InChI=1S/C14H18ClN3O4/c1-3-5-22-12-10(15)6-9(7-11(12)21-4-2)8-17-18-14(20)13(16)19/h6-8H,3-5H2,1-2H3,(H2,16,19)(H,18,20)/b17-8+. The van der Waals surface area contributed by atoms with Crippen LogP contribution < -0.4 is 20.6 Å². The van der Waals surface area contributed by atoms with Gasteiger partial charge in [0, 0.05) is 0 Å². The minimum atomic E-state index is -1.12. The molecule has 0 aromatic heterocycles. The Balaban J connectivity index is 2.95. The molecule has 1 aromatic rings. The zero-order valence-electron chi connectivity index (χ0n) is 12.4.